The number of halogens is 1. The van der Waals surface area contributed by atoms with Gasteiger partial charge in [-0.05, 0) is 60.7 Å². The van der Waals surface area contributed by atoms with E-state index >= 15 is 0 Å². The van der Waals surface area contributed by atoms with Gasteiger partial charge < -0.3 is 9.47 Å². The number of hydrogen-bond acceptors (Lipinski definition) is 3. The average molecular weight is 339 g/mol. The molecular formula is C20H18FNO3. The van der Waals surface area contributed by atoms with Crippen LogP contribution in [-0.4, -0.2) is 23.9 Å². The summed E-state index contributed by atoms with van der Waals surface area (Å²) in [6.07, 6.45) is 3.90. The van der Waals surface area contributed by atoms with Crippen LogP contribution in [0, 0.1) is 5.82 Å². The summed E-state index contributed by atoms with van der Waals surface area (Å²) < 4.78 is 26.2. The summed E-state index contributed by atoms with van der Waals surface area (Å²) >= 11 is 0. The molecule has 1 aliphatic rings. The minimum absolute atomic E-state index is 0.150. The fourth-order valence-corrected chi connectivity index (χ4v) is 3.11. The average Bonchev–Trinajstić information content (AvgIpc) is 3.14. The Labute approximate surface area is 144 Å². The Morgan fingerprint density at radius 1 is 1.20 bits per heavy atom. The van der Waals surface area contributed by atoms with Gasteiger partial charge in [0.05, 0.1) is 11.8 Å². The first kappa shape index (κ1) is 15.8. The Balaban J connectivity index is 1.63. The van der Waals surface area contributed by atoms with E-state index in [9.17, 15) is 9.18 Å². The van der Waals surface area contributed by atoms with Gasteiger partial charge in [-0.2, -0.15) is 0 Å². The van der Waals surface area contributed by atoms with Crippen LogP contribution in [-0.2, 0) is 4.74 Å². The van der Waals surface area contributed by atoms with Crippen molar-refractivity contribution in [2.24, 2.45) is 0 Å². The number of fused-ring (bicyclic) bond motifs is 1. The van der Waals surface area contributed by atoms with E-state index in [0.29, 0.717) is 23.4 Å². The van der Waals surface area contributed by atoms with E-state index in [2.05, 4.69) is 0 Å². The molecule has 1 fully saturated rings. The Morgan fingerprint density at radius 2 is 2.12 bits per heavy atom. The quantitative estimate of drug-likeness (QED) is 0.728. The first-order valence-corrected chi connectivity index (χ1v) is 8.36. The third-order valence-corrected chi connectivity index (χ3v) is 4.42. The van der Waals surface area contributed by atoms with Crippen molar-refractivity contribution < 1.29 is 13.9 Å². The maximum absolute atomic E-state index is 13.4. The van der Waals surface area contributed by atoms with Crippen molar-refractivity contribution in [1.82, 2.24) is 4.57 Å². The molecule has 0 radical (unpaired) electrons. The third kappa shape index (κ3) is 3.28. The van der Waals surface area contributed by atoms with Gasteiger partial charge in [-0.15, -0.1) is 0 Å². The highest BCUT2D eigenvalue weighted by atomic mass is 19.1. The second-order valence-electron chi connectivity index (χ2n) is 6.17. The normalized spacial score (nSPS) is 17.1. The molecule has 2 aromatic carbocycles. The van der Waals surface area contributed by atoms with Crippen LogP contribution in [0.4, 0.5) is 4.39 Å². The van der Waals surface area contributed by atoms with Crippen LogP contribution in [0.25, 0.3) is 16.5 Å². The molecule has 1 aromatic heterocycles. The highest BCUT2D eigenvalue weighted by Gasteiger charge is 2.16. The van der Waals surface area contributed by atoms with Crippen LogP contribution in [0.5, 0.6) is 5.75 Å². The Morgan fingerprint density at radius 3 is 2.92 bits per heavy atom. The zero-order valence-electron chi connectivity index (χ0n) is 13.7. The van der Waals surface area contributed by atoms with E-state index < -0.39 is 0 Å². The number of nitrogens with zero attached hydrogens (tertiary/aromatic N) is 1. The number of pyridine rings is 1. The number of aromatic nitrogens is 1. The molecule has 0 spiro atoms. The lowest BCUT2D eigenvalue weighted by Gasteiger charge is -2.12. The lowest BCUT2D eigenvalue weighted by molar-refractivity contribution is 0.0680. The molecule has 0 N–H and O–H groups in total. The predicted molar refractivity (Wildman–Crippen MR) is 94.0 cm³/mol. The zero-order chi connectivity index (χ0) is 17.2. The molecule has 0 amide bonds. The Kier molecular flexibility index (Phi) is 4.24. The van der Waals surface area contributed by atoms with Crippen molar-refractivity contribution in [3.8, 4) is 11.4 Å². The van der Waals surface area contributed by atoms with Gasteiger partial charge in [-0.3, -0.25) is 9.36 Å². The molecule has 1 saturated heterocycles. The van der Waals surface area contributed by atoms with E-state index in [1.54, 1.807) is 30.5 Å². The number of benzene rings is 2. The van der Waals surface area contributed by atoms with Crippen molar-refractivity contribution in [2.75, 3.05) is 13.2 Å². The van der Waals surface area contributed by atoms with Gasteiger partial charge in [0.2, 0.25) is 0 Å². The molecule has 2 heterocycles. The van der Waals surface area contributed by atoms with Gasteiger partial charge >= 0.3 is 0 Å². The lowest BCUT2D eigenvalue weighted by Crippen LogP contribution is -2.18. The van der Waals surface area contributed by atoms with Gasteiger partial charge in [-0.1, -0.05) is 6.07 Å². The molecule has 0 aliphatic carbocycles. The second-order valence-corrected chi connectivity index (χ2v) is 6.17. The zero-order valence-corrected chi connectivity index (χ0v) is 13.7. The maximum Gasteiger partial charge on any atom is 0.262 e. The Hall–Kier alpha value is -2.66. The molecule has 3 aromatic rings. The summed E-state index contributed by atoms with van der Waals surface area (Å²) in [4.78, 5) is 12.7. The number of rotatable bonds is 4. The Bertz CT molecular complexity index is 961. The van der Waals surface area contributed by atoms with Crippen molar-refractivity contribution >= 4 is 10.8 Å². The lowest BCUT2D eigenvalue weighted by atomic mass is 10.1. The summed E-state index contributed by atoms with van der Waals surface area (Å²) in [5, 5.41) is 1.36. The molecular weight excluding hydrogens is 321 g/mol. The van der Waals surface area contributed by atoms with E-state index in [0.717, 1.165) is 24.8 Å². The molecule has 0 bridgehead atoms. The molecule has 128 valence electrons. The fraction of sp³-hybridized carbons (Fsp3) is 0.250. The first-order chi connectivity index (χ1) is 12.2. The smallest absolute Gasteiger partial charge is 0.262 e. The van der Waals surface area contributed by atoms with Crippen molar-refractivity contribution in [1.29, 1.82) is 0 Å². The molecule has 1 aliphatic heterocycles. The number of ether oxygens (including phenoxy) is 2. The molecule has 4 nitrogen and oxygen atoms in total. The standard InChI is InChI=1S/C20H18FNO3/c21-15-3-1-4-16(12-15)22-9-8-14-11-17(6-7-19(14)20(22)23)25-13-18-5-2-10-24-18/h1,3-4,6-9,11-12,18H,2,5,10,13H2/t18-/m1/s1. The summed E-state index contributed by atoms with van der Waals surface area (Å²) in [5.41, 5.74) is 0.319. The van der Waals surface area contributed by atoms with E-state index in [1.807, 2.05) is 12.1 Å². The maximum atomic E-state index is 13.4. The highest BCUT2D eigenvalue weighted by molar-refractivity contribution is 5.83. The summed E-state index contributed by atoms with van der Waals surface area (Å²) in [6.45, 7) is 1.32. The minimum atomic E-state index is -0.373. The van der Waals surface area contributed by atoms with Gasteiger partial charge in [0.1, 0.15) is 18.2 Å². The van der Waals surface area contributed by atoms with Gasteiger partial charge in [-0.25, -0.2) is 4.39 Å². The second kappa shape index (κ2) is 6.69. The van der Waals surface area contributed by atoms with Crippen LogP contribution < -0.4 is 10.3 Å². The third-order valence-electron chi connectivity index (χ3n) is 4.42. The van der Waals surface area contributed by atoms with Gasteiger partial charge in [0.15, 0.2) is 0 Å². The van der Waals surface area contributed by atoms with E-state index in [4.69, 9.17) is 9.47 Å². The molecule has 25 heavy (non-hydrogen) atoms. The molecule has 1 atom stereocenters. The van der Waals surface area contributed by atoms with Crippen LogP contribution >= 0.6 is 0 Å². The molecule has 4 rings (SSSR count). The van der Waals surface area contributed by atoms with Gasteiger partial charge in [0.25, 0.3) is 5.56 Å². The highest BCUT2D eigenvalue weighted by Crippen LogP contribution is 2.21. The van der Waals surface area contributed by atoms with Crippen LogP contribution in [0.2, 0.25) is 0 Å². The SMILES string of the molecule is O=c1c2ccc(OC[C@H]3CCCO3)cc2ccn1-c1cccc(F)c1. The summed E-state index contributed by atoms with van der Waals surface area (Å²) in [5.74, 6) is 0.341. The van der Waals surface area contributed by atoms with Crippen LogP contribution in [0.3, 0.4) is 0 Å². The molecule has 0 unspecified atom stereocenters. The number of hydrogen-bond donors (Lipinski definition) is 0. The van der Waals surface area contributed by atoms with Crippen molar-refractivity contribution in [2.45, 2.75) is 18.9 Å². The summed E-state index contributed by atoms with van der Waals surface area (Å²) in [6, 6.07) is 13.2. The first-order valence-electron chi connectivity index (χ1n) is 8.36. The molecule has 5 heteroatoms. The van der Waals surface area contributed by atoms with E-state index in [1.165, 1.54) is 16.7 Å². The van der Waals surface area contributed by atoms with Crippen LogP contribution in [0.1, 0.15) is 12.8 Å². The van der Waals surface area contributed by atoms with Crippen molar-refractivity contribution in [3.05, 3.63) is 70.9 Å². The fourth-order valence-electron chi connectivity index (χ4n) is 3.11. The topological polar surface area (TPSA) is 40.5 Å². The van der Waals surface area contributed by atoms with Crippen molar-refractivity contribution in [3.63, 3.8) is 0 Å². The predicted octanol–water partition coefficient (Wildman–Crippen LogP) is 3.69. The summed E-state index contributed by atoms with van der Waals surface area (Å²) in [7, 11) is 0. The minimum Gasteiger partial charge on any atom is -0.491 e. The largest absolute Gasteiger partial charge is 0.491 e. The monoisotopic (exact) mass is 339 g/mol. The van der Waals surface area contributed by atoms with E-state index in [-0.39, 0.29) is 17.5 Å². The molecule has 0 saturated carbocycles. The van der Waals surface area contributed by atoms with Gasteiger partial charge in [0, 0.05) is 18.2 Å². The van der Waals surface area contributed by atoms with Crippen LogP contribution in [0.15, 0.2) is 59.5 Å².